The molecule has 0 radical (unpaired) electrons. The number of amides is 3. The molecule has 32 heavy (non-hydrogen) atoms. The van der Waals surface area contributed by atoms with E-state index < -0.39 is 17.9 Å². The summed E-state index contributed by atoms with van der Waals surface area (Å²) in [6, 6.07) is 9.42. The van der Waals surface area contributed by atoms with Crippen LogP contribution in [0, 0.1) is 11.8 Å². The molecule has 3 heterocycles. The van der Waals surface area contributed by atoms with Crippen LogP contribution in [0.5, 0.6) is 0 Å². The zero-order valence-corrected chi connectivity index (χ0v) is 18.4. The average Bonchev–Trinajstić information content (AvgIpc) is 3.39. The van der Waals surface area contributed by atoms with Gasteiger partial charge in [0.1, 0.15) is 0 Å². The highest BCUT2D eigenvalue weighted by Crippen LogP contribution is 2.27. The molecule has 3 fully saturated rings. The summed E-state index contributed by atoms with van der Waals surface area (Å²) in [5.41, 5.74) is 2.86. The van der Waals surface area contributed by atoms with Gasteiger partial charge in [0.25, 0.3) is 0 Å². The molecule has 9 nitrogen and oxygen atoms in total. The first kappa shape index (κ1) is 22.5. The van der Waals surface area contributed by atoms with Gasteiger partial charge in [-0.1, -0.05) is 18.2 Å². The van der Waals surface area contributed by atoms with E-state index in [0.29, 0.717) is 32.5 Å². The van der Waals surface area contributed by atoms with Gasteiger partial charge in [-0.15, -0.1) is 0 Å². The summed E-state index contributed by atoms with van der Waals surface area (Å²) in [6.45, 7) is 4.73. The molecule has 3 amide bonds. The van der Waals surface area contributed by atoms with Crippen LogP contribution in [0.2, 0.25) is 0 Å². The van der Waals surface area contributed by atoms with E-state index in [1.807, 2.05) is 23.1 Å². The molecule has 3 N–H and O–H groups in total. The van der Waals surface area contributed by atoms with Crippen molar-refractivity contribution in [1.82, 2.24) is 20.6 Å². The third-order valence-electron chi connectivity index (χ3n) is 6.96. The second-order valence-electron chi connectivity index (χ2n) is 9.01. The van der Waals surface area contributed by atoms with Crippen LogP contribution in [0.3, 0.4) is 0 Å². The number of nitrogens with one attached hydrogen (secondary N) is 2. The predicted octanol–water partition coefficient (Wildman–Crippen LogP) is 0.447. The van der Waals surface area contributed by atoms with E-state index in [2.05, 4.69) is 22.3 Å². The molecule has 3 aliphatic heterocycles. The summed E-state index contributed by atoms with van der Waals surface area (Å²) in [4.78, 5) is 44.1. The fourth-order valence-corrected chi connectivity index (χ4v) is 5.13. The van der Waals surface area contributed by atoms with Crippen LogP contribution in [-0.2, 0) is 14.4 Å². The Morgan fingerprint density at radius 1 is 0.969 bits per heavy atom. The van der Waals surface area contributed by atoms with E-state index in [1.54, 1.807) is 10.4 Å². The Balaban J connectivity index is 1.35. The van der Waals surface area contributed by atoms with E-state index in [4.69, 9.17) is 0 Å². The van der Waals surface area contributed by atoms with E-state index in [1.165, 1.54) is 0 Å². The molecule has 0 aliphatic carbocycles. The van der Waals surface area contributed by atoms with Crippen molar-refractivity contribution in [3.63, 3.8) is 0 Å². The summed E-state index contributed by atoms with van der Waals surface area (Å²) in [5, 5.41) is 12.5. The molecule has 0 saturated carbocycles. The van der Waals surface area contributed by atoms with Crippen LogP contribution in [-0.4, -0.2) is 84.6 Å². The minimum absolute atomic E-state index is 0.0376. The Morgan fingerprint density at radius 3 is 2.31 bits per heavy atom. The molecule has 3 aliphatic rings. The van der Waals surface area contributed by atoms with Crippen molar-refractivity contribution in [1.29, 1.82) is 0 Å². The van der Waals surface area contributed by atoms with E-state index in [-0.39, 0.29) is 17.7 Å². The van der Waals surface area contributed by atoms with Crippen LogP contribution < -0.4 is 15.7 Å². The zero-order chi connectivity index (χ0) is 22.5. The molecule has 0 spiro atoms. The maximum Gasteiger partial charge on any atom is 0.248 e. The van der Waals surface area contributed by atoms with Crippen LogP contribution >= 0.6 is 0 Å². The van der Waals surface area contributed by atoms with Gasteiger partial charge in [-0.05, 0) is 43.9 Å². The smallest absolute Gasteiger partial charge is 0.248 e. The Labute approximate surface area is 188 Å². The van der Waals surface area contributed by atoms with Gasteiger partial charge in [-0.2, -0.15) is 0 Å². The molecule has 3 saturated heterocycles. The maximum absolute atomic E-state index is 13.3. The van der Waals surface area contributed by atoms with Crippen molar-refractivity contribution in [2.75, 3.05) is 50.7 Å². The Morgan fingerprint density at radius 2 is 1.66 bits per heavy atom. The number of piperazine rings is 1. The summed E-state index contributed by atoms with van der Waals surface area (Å²) < 4.78 is 0. The fraction of sp³-hybridized carbons (Fsp3) is 0.609. The third kappa shape index (κ3) is 5.05. The number of benzene rings is 1. The van der Waals surface area contributed by atoms with Gasteiger partial charge in [0.05, 0.1) is 12.0 Å². The minimum Gasteiger partial charge on any atom is -0.368 e. The number of nitrogens with zero attached hydrogens (tertiary/aromatic N) is 3. The quantitative estimate of drug-likeness (QED) is 0.451. The molecular formula is C23H33N5O4. The van der Waals surface area contributed by atoms with Gasteiger partial charge in [0, 0.05) is 51.4 Å². The molecule has 174 valence electrons. The normalized spacial score (nSPS) is 26.2. The van der Waals surface area contributed by atoms with Crippen molar-refractivity contribution in [3.8, 4) is 0 Å². The second-order valence-corrected chi connectivity index (χ2v) is 9.01. The third-order valence-corrected chi connectivity index (χ3v) is 6.96. The van der Waals surface area contributed by atoms with Crippen molar-refractivity contribution >= 4 is 23.4 Å². The van der Waals surface area contributed by atoms with Crippen LogP contribution in [0.1, 0.15) is 25.7 Å². The molecule has 1 aromatic carbocycles. The maximum atomic E-state index is 13.3. The lowest BCUT2D eigenvalue weighted by atomic mass is 9.81. The molecule has 0 bridgehead atoms. The molecular weight excluding hydrogens is 410 g/mol. The number of likely N-dealkylation sites (tertiary alicyclic amines) is 1. The summed E-state index contributed by atoms with van der Waals surface area (Å²) in [6.07, 6.45) is 2.84. The number of carbonyl (C=O) groups excluding carboxylic acids is 3. The highest BCUT2D eigenvalue weighted by atomic mass is 16.5. The number of hydroxylamine groups is 1. The van der Waals surface area contributed by atoms with Crippen molar-refractivity contribution in [2.24, 2.45) is 11.8 Å². The number of piperidine rings is 1. The van der Waals surface area contributed by atoms with E-state index in [0.717, 1.165) is 44.7 Å². The number of carbonyl (C=O) groups is 3. The Bertz CT molecular complexity index is 806. The van der Waals surface area contributed by atoms with Gasteiger partial charge < -0.3 is 20.0 Å². The predicted molar refractivity (Wildman–Crippen MR) is 119 cm³/mol. The summed E-state index contributed by atoms with van der Waals surface area (Å²) >= 11 is 0. The molecule has 1 unspecified atom stereocenters. The Kier molecular flexibility index (Phi) is 7.26. The lowest BCUT2D eigenvalue weighted by Crippen LogP contribution is -2.61. The van der Waals surface area contributed by atoms with E-state index in [9.17, 15) is 19.6 Å². The lowest BCUT2D eigenvalue weighted by Gasteiger charge is -2.41. The first-order valence-electron chi connectivity index (χ1n) is 11.6. The molecule has 4 rings (SSSR count). The molecule has 9 heteroatoms. The van der Waals surface area contributed by atoms with Crippen LogP contribution in [0.25, 0.3) is 0 Å². The summed E-state index contributed by atoms with van der Waals surface area (Å²) in [7, 11) is 0. The van der Waals surface area contributed by atoms with Crippen molar-refractivity contribution in [2.45, 2.75) is 31.7 Å². The standard InChI is InChI=1S/C23H33N5O4/c29-20(27-8-4-5-9-27)15-17-14-19(22(30)25-32)21(24-16-17)23(31)28-12-10-26(11-13-28)18-6-2-1-3-7-18/h1-3,6-7,17,19,21,24,32H,4-5,8-16H2,(H,25,30)/t17?,19-,21-/m0/s1. The number of hydrogen-bond donors (Lipinski definition) is 3. The monoisotopic (exact) mass is 443 g/mol. The highest BCUT2D eigenvalue weighted by Gasteiger charge is 2.42. The summed E-state index contributed by atoms with van der Waals surface area (Å²) in [5.74, 6) is -1.32. The molecule has 1 aromatic rings. The van der Waals surface area contributed by atoms with Crippen molar-refractivity contribution < 1.29 is 19.6 Å². The van der Waals surface area contributed by atoms with E-state index >= 15 is 0 Å². The number of anilines is 1. The van der Waals surface area contributed by atoms with Gasteiger partial charge in [-0.25, -0.2) is 5.48 Å². The molecule has 3 atom stereocenters. The first-order valence-corrected chi connectivity index (χ1v) is 11.6. The lowest BCUT2D eigenvalue weighted by molar-refractivity contribution is -0.145. The molecule has 0 aromatic heterocycles. The van der Waals surface area contributed by atoms with Gasteiger partial charge in [0.2, 0.25) is 17.7 Å². The van der Waals surface area contributed by atoms with Gasteiger partial charge in [-0.3, -0.25) is 19.6 Å². The number of hydrogen-bond acceptors (Lipinski definition) is 6. The average molecular weight is 444 g/mol. The highest BCUT2D eigenvalue weighted by molar-refractivity contribution is 5.90. The SMILES string of the molecule is O=C(NO)[C@H]1CC(CC(=O)N2CCCC2)CN[C@@H]1C(=O)N1CCN(c2ccccc2)CC1. The van der Waals surface area contributed by atoms with Gasteiger partial charge in [0.15, 0.2) is 0 Å². The topological polar surface area (TPSA) is 105 Å². The van der Waals surface area contributed by atoms with Crippen molar-refractivity contribution in [3.05, 3.63) is 30.3 Å². The Hall–Kier alpha value is -2.65. The van der Waals surface area contributed by atoms with Crippen LogP contribution in [0.4, 0.5) is 5.69 Å². The number of rotatable bonds is 5. The fourth-order valence-electron chi connectivity index (χ4n) is 5.13. The largest absolute Gasteiger partial charge is 0.368 e. The second kappa shape index (κ2) is 10.3. The zero-order valence-electron chi connectivity index (χ0n) is 18.4. The van der Waals surface area contributed by atoms with Gasteiger partial charge >= 0.3 is 0 Å². The van der Waals surface area contributed by atoms with Crippen LogP contribution in [0.15, 0.2) is 30.3 Å². The minimum atomic E-state index is -0.704. The number of para-hydroxylation sites is 1. The first-order chi connectivity index (χ1) is 15.6.